The van der Waals surface area contributed by atoms with Crippen LogP contribution in [0.2, 0.25) is 5.02 Å². The minimum atomic E-state index is -0.449. The van der Waals surface area contributed by atoms with Crippen LogP contribution in [0.25, 0.3) is 17.0 Å². The molecule has 1 aliphatic heterocycles. The van der Waals surface area contributed by atoms with Crippen LogP contribution in [0.3, 0.4) is 0 Å². The molecule has 3 aromatic rings. The van der Waals surface area contributed by atoms with Crippen molar-refractivity contribution in [1.82, 2.24) is 20.4 Å². The summed E-state index contributed by atoms with van der Waals surface area (Å²) in [6.07, 6.45) is 0. The second-order valence-electron chi connectivity index (χ2n) is 7.01. The molecular formula is C22H20ClFN4O2S. The highest BCUT2D eigenvalue weighted by molar-refractivity contribution is 7.80. The second kappa shape index (κ2) is 9.13. The molecule has 9 heteroatoms. The quantitative estimate of drug-likeness (QED) is 0.530. The topological polar surface area (TPSA) is 63.4 Å². The van der Waals surface area contributed by atoms with Crippen molar-refractivity contribution in [2.75, 3.05) is 20.3 Å². The highest BCUT2D eigenvalue weighted by Gasteiger charge is 2.34. The minimum Gasteiger partial charge on any atom is -0.383 e. The molecule has 0 radical (unpaired) electrons. The molecule has 2 aromatic carbocycles. The monoisotopic (exact) mass is 458 g/mol. The Morgan fingerprint density at radius 2 is 2.06 bits per heavy atom. The van der Waals surface area contributed by atoms with Crippen molar-refractivity contribution >= 4 is 34.5 Å². The summed E-state index contributed by atoms with van der Waals surface area (Å²) >= 11 is 11.7. The Hall–Kier alpha value is -2.81. The number of thiocarbonyl (C=S) groups is 1. The van der Waals surface area contributed by atoms with Crippen LogP contribution in [0.4, 0.5) is 4.39 Å². The van der Waals surface area contributed by atoms with Gasteiger partial charge >= 0.3 is 0 Å². The van der Waals surface area contributed by atoms with E-state index in [2.05, 4.69) is 15.5 Å². The summed E-state index contributed by atoms with van der Waals surface area (Å²) in [4.78, 5) is 6.51. The summed E-state index contributed by atoms with van der Waals surface area (Å²) in [5.41, 5.74) is 2.98. The third-order valence-electron chi connectivity index (χ3n) is 5.04. The fraction of sp³-hybridized carbons (Fsp3) is 0.227. The molecule has 0 aliphatic carbocycles. The Morgan fingerprint density at radius 1 is 1.26 bits per heavy atom. The maximum absolute atomic E-state index is 14.0. The van der Waals surface area contributed by atoms with E-state index in [1.54, 1.807) is 25.3 Å². The molecule has 1 aromatic heterocycles. The Balaban J connectivity index is 1.81. The second-order valence-corrected chi connectivity index (χ2v) is 7.84. The summed E-state index contributed by atoms with van der Waals surface area (Å²) < 4.78 is 24.8. The first-order chi connectivity index (χ1) is 15.0. The minimum absolute atomic E-state index is 0.319. The predicted octanol–water partition coefficient (Wildman–Crippen LogP) is 4.84. The number of halogens is 2. The first kappa shape index (κ1) is 21.4. The number of benzene rings is 2. The average Bonchev–Trinajstić information content (AvgIpc) is 3.23. The molecule has 0 saturated heterocycles. The normalized spacial score (nSPS) is 16.6. The molecule has 1 unspecified atom stereocenters. The number of ether oxygens (including phenoxy) is 1. The standard InChI is InChI=1S/C22H20ClFN4O2S/c1-13-18(21-26-20(27-30-21)15-6-3-7-16(23)11-15)19(14-5-4-8-17(24)12-14)25-22(31)28(13)9-10-29-2/h3-8,11-12,19H,9-10H2,1-2H3,(H,25,31). The van der Waals surface area contributed by atoms with Crippen molar-refractivity contribution in [3.63, 3.8) is 0 Å². The lowest BCUT2D eigenvalue weighted by molar-refractivity contribution is 0.183. The van der Waals surface area contributed by atoms with Gasteiger partial charge in [-0.15, -0.1) is 0 Å². The molecule has 0 fully saturated rings. The van der Waals surface area contributed by atoms with Crippen LogP contribution in [0.15, 0.2) is 58.8 Å². The average molecular weight is 459 g/mol. The van der Waals surface area contributed by atoms with Crippen molar-refractivity contribution in [2.24, 2.45) is 0 Å². The van der Waals surface area contributed by atoms with Gasteiger partial charge in [0.25, 0.3) is 5.89 Å². The first-order valence-electron chi connectivity index (χ1n) is 9.61. The summed E-state index contributed by atoms with van der Waals surface area (Å²) in [7, 11) is 1.63. The predicted molar refractivity (Wildman–Crippen MR) is 121 cm³/mol. The molecule has 0 spiro atoms. The zero-order valence-corrected chi connectivity index (χ0v) is 18.5. The van der Waals surface area contributed by atoms with Crippen LogP contribution < -0.4 is 5.32 Å². The van der Waals surface area contributed by atoms with Gasteiger partial charge in [0.1, 0.15) is 5.82 Å². The van der Waals surface area contributed by atoms with Crippen molar-refractivity contribution in [2.45, 2.75) is 13.0 Å². The highest BCUT2D eigenvalue weighted by Crippen LogP contribution is 2.37. The summed E-state index contributed by atoms with van der Waals surface area (Å²) in [6.45, 7) is 2.95. The van der Waals surface area contributed by atoms with Crippen LogP contribution in [0, 0.1) is 5.82 Å². The molecule has 1 N–H and O–H groups in total. The van der Waals surface area contributed by atoms with Crippen LogP contribution >= 0.6 is 23.8 Å². The van der Waals surface area contributed by atoms with Crippen molar-refractivity contribution < 1.29 is 13.7 Å². The number of rotatable bonds is 6. The van der Waals surface area contributed by atoms with E-state index in [9.17, 15) is 4.39 Å². The number of aromatic nitrogens is 2. The van der Waals surface area contributed by atoms with Gasteiger partial charge < -0.3 is 19.5 Å². The Morgan fingerprint density at radius 3 is 2.81 bits per heavy atom. The van der Waals surface area contributed by atoms with Crippen LogP contribution in [0.5, 0.6) is 0 Å². The number of allylic oxidation sites excluding steroid dienone is 1. The molecule has 160 valence electrons. The molecule has 6 nitrogen and oxygen atoms in total. The Labute approximate surface area is 189 Å². The van der Waals surface area contributed by atoms with E-state index < -0.39 is 6.04 Å². The van der Waals surface area contributed by atoms with Crippen LogP contribution in [-0.2, 0) is 4.74 Å². The molecule has 31 heavy (non-hydrogen) atoms. The van der Waals surface area contributed by atoms with Gasteiger partial charge in [-0.3, -0.25) is 0 Å². The number of methoxy groups -OCH3 is 1. The highest BCUT2D eigenvalue weighted by atomic mass is 35.5. The third kappa shape index (κ3) is 4.46. The van der Waals surface area contributed by atoms with Gasteiger partial charge in [-0.05, 0) is 49.0 Å². The maximum Gasteiger partial charge on any atom is 0.258 e. The molecule has 0 amide bonds. The Kier molecular flexibility index (Phi) is 6.31. The third-order valence-corrected chi connectivity index (χ3v) is 5.61. The summed E-state index contributed by atoms with van der Waals surface area (Å²) in [6, 6.07) is 13.1. The number of hydrogen-bond donors (Lipinski definition) is 1. The molecular weight excluding hydrogens is 439 g/mol. The molecule has 0 saturated carbocycles. The van der Waals surface area contributed by atoms with E-state index in [1.807, 2.05) is 30.0 Å². The van der Waals surface area contributed by atoms with E-state index in [-0.39, 0.29) is 5.82 Å². The van der Waals surface area contributed by atoms with Gasteiger partial charge in [0.05, 0.1) is 18.2 Å². The largest absolute Gasteiger partial charge is 0.383 e. The molecule has 0 bridgehead atoms. The summed E-state index contributed by atoms with van der Waals surface area (Å²) in [5.74, 6) is 0.390. The van der Waals surface area contributed by atoms with Gasteiger partial charge in [-0.2, -0.15) is 4.98 Å². The molecule has 1 aliphatic rings. The van der Waals surface area contributed by atoms with E-state index in [4.69, 9.17) is 33.1 Å². The number of hydrogen-bond acceptors (Lipinski definition) is 5. The molecule has 1 atom stereocenters. The number of nitrogens with zero attached hydrogens (tertiary/aromatic N) is 3. The Bertz CT molecular complexity index is 1150. The lowest BCUT2D eigenvalue weighted by Gasteiger charge is -2.37. The van der Waals surface area contributed by atoms with Gasteiger partial charge in [-0.1, -0.05) is 41.0 Å². The van der Waals surface area contributed by atoms with Crippen molar-refractivity contribution in [3.8, 4) is 11.4 Å². The van der Waals surface area contributed by atoms with Gasteiger partial charge in [0.15, 0.2) is 5.11 Å². The van der Waals surface area contributed by atoms with Gasteiger partial charge in [0, 0.05) is 29.9 Å². The SMILES string of the molecule is COCCN1C(=S)NC(c2cccc(F)c2)C(c2nc(-c3cccc(Cl)c3)no2)=C1C. The van der Waals surface area contributed by atoms with Crippen molar-refractivity contribution in [1.29, 1.82) is 0 Å². The lowest BCUT2D eigenvalue weighted by Crippen LogP contribution is -2.47. The van der Waals surface area contributed by atoms with Crippen molar-refractivity contribution in [3.05, 3.63) is 76.5 Å². The zero-order valence-electron chi connectivity index (χ0n) is 16.9. The first-order valence-corrected chi connectivity index (χ1v) is 10.4. The molecule has 4 rings (SSSR count). The maximum atomic E-state index is 14.0. The smallest absolute Gasteiger partial charge is 0.258 e. The number of nitrogens with one attached hydrogen (secondary N) is 1. The summed E-state index contributed by atoms with van der Waals surface area (Å²) in [5, 5.41) is 8.51. The van der Waals surface area contributed by atoms with Gasteiger partial charge in [-0.25, -0.2) is 4.39 Å². The zero-order chi connectivity index (χ0) is 22.0. The van der Waals surface area contributed by atoms with Crippen LogP contribution in [0.1, 0.15) is 24.4 Å². The van der Waals surface area contributed by atoms with E-state index in [0.29, 0.717) is 40.6 Å². The van der Waals surface area contributed by atoms with E-state index >= 15 is 0 Å². The van der Waals surface area contributed by atoms with Crippen LogP contribution in [-0.4, -0.2) is 40.4 Å². The fourth-order valence-corrected chi connectivity index (χ4v) is 4.06. The van der Waals surface area contributed by atoms with E-state index in [0.717, 1.165) is 16.8 Å². The van der Waals surface area contributed by atoms with Gasteiger partial charge in [0.2, 0.25) is 5.82 Å². The fourth-order valence-electron chi connectivity index (χ4n) is 3.52. The van der Waals surface area contributed by atoms with E-state index in [1.165, 1.54) is 12.1 Å². The lowest BCUT2D eigenvalue weighted by atomic mass is 9.94. The molecule has 2 heterocycles.